The van der Waals surface area contributed by atoms with Crippen LogP contribution < -0.4 is 5.73 Å². The molecule has 2 unspecified atom stereocenters. The largest absolute Gasteiger partial charge is 0.334 e. The second kappa shape index (κ2) is 6.02. The van der Waals surface area contributed by atoms with Crippen LogP contribution in [0, 0.1) is 0 Å². The molecule has 106 valence electrons. The van der Waals surface area contributed by atoms with Crippen molar-refractivity contribution < 1.29 is 0 Å². The van der Waals surface area contributed by atoms with Gasteiger partial charge in [-0.05, 0) is 24.5 Å². The maximum Gasteiger partial charge on any atom is 0.110 e. The van der Waals surface area contributed by atoms with Gasteiger partial charge in [0.2, 0.25) is 0 Å². The molecular formula is C16H21N3S. The fraction of sp³-hybridized carbons (Fsp3) is 0.438. The number of thioether (sulfide) groups is 1. The molecule has 3 nitrogen and oxygen atoms in total. The van der Waals surface area contributed by atoms with Crippen molar-refractivity contribution in [2.75, 3.05) is 0 Å². The maximum atomic E-state index is 6.05. The molecule has 2 aromatic rings. The molecule has 2 N–H and O–H groups in total. The van der Waals surface area contributed by atoms with E-state index in [1.165, 1.54) is 10.5 Å². The monoisotopic (exact) mass is 287 g/mol. The fourth-order valence-corrected chi connectivity index (χ4v) is 3.97. The first-order chi connectivity index (χ1) is 9.76. The van der Waals surface area contributed by atoms with Gasteiger partial charge in [0.05, 0.1) is 0 Å². The molecule has 4 heteroatoms. The third-order valence-corrected chi connectivity index (χ3v) is 5.19. The minimum absolute atomic E-state index is 0.213. The van der Waals surface area contributed by atoms with Gasteiger partial charge in [-0.1, -0.05) is 25.1 Å². The number of hydrogen-bond acceptors (Lipinski definition) is 3. The van der Waals surface area contributed by atoms with Gasteiger partial charge in [0.15, 0.2) is 0 Å². The van der Waals surface area contributed by atoms with Gasteiger partial charge < -0.3 is 10.3 Å². The quantitative estimate of drug-likeness (QED) is 0.919. The Morgan fingerprint density at radius 2 is 2.30 bits per heavy atom. The summed E-state index contributed by atoms with van der Waals surface area (Å²) >= 11 is 1.99. The third kappa shape index (κ3) is 2.91. The molecule has 2 heterocycles. The molecule has 0 aliphatic carbocycles. The first-order valence-electron chi connectivity index (χ1n) is 7.26. The maximum absolute atomic E-state index is 6.05. The molecule has 20 heavy (non-hydrogen) atoms. The molecule has 0 saturated carbocycles. The first kappa shape index (κ1) is 13.7. The summed E-state index contributed by atoms with van der Waals surface area (Å²) in [5.74, 6) is 1.12. The van der Waals surface area contributed by atoms with E-state index >= 15 is 0 Å². The van der Waals surface area contributed by atoms with Crippen LogP contribution >= 0.6 is 11.8 Å². The van der Waals surface area contributed by atoms with Crippen LogP contribution in [0.1, 0.15) is 24.7 Å². The summed E-state index contributed by atoms with van der Waals surface area (Å²) in [5.41, 5.74) is 7.53. The highest BCUT2D eigenvalue weighted by Crippen LogP contribution is 2.37. The smallest absolute Gasteiger partial charge is 0.110 e. The minimum Gasteiger partial charge on any atom is -0.334 e. The van der Waals surface area contributed by atoms with Crippen molar-refractivity contribution >= 4 is 11.8 Å². The normalized spacial score (nSPS) is 19.0. The van der Waals surface area contributed by atoms with Gasteiger partial charge in [-0.3, -0.25) is 0 Å². The number of aromatic nitrogens is 2. The molecule has 1 aromatic carbocycles. The fourth-order valence-electron chi connectivity index (χ4n) is 2.65. The summed E-state index contributed by atoms with van der Waals surface area (Å²) < 4.78 is 2.28. The van der Waals surface area contributed by atoms with Gasteiger partial charge in [-0.25, -0.2) is 4.98 Å². The molecule has 1 aliphatic rings. The molecule has 0 amide bonds. The van der Waals surface area contributed by atoms with Crippen LogP contribution in [-0.2, 0) is 19.4 Å². The van der Waals surface area contributed by atoms with E-state index in [4.69, 9.17) is 5.73 Å². The van der Waals surface area contributed by atoms with E-state index in [1.807, 2.05) is 18.0 Å². The molecule has 0 bridgehead atoms. The number of imidazole rings is 1. The highest BCUT2D eigenvalue weighted by molar-refractivity contribution is 8.00. The number of fused-ring (bicyclic) bond motifs is 1. The van der Waals surface area contributed by atoms with Crippen molar-refractivity contribution in [2.24, 2.45) is 5.73 Å². The summed E-state index contributed by atoms with van der Waals surface area (Å²) in [4.78, 5) is 5.90. The molecule has 0 fully saturated rings. The van der Waals surface area contributed by atoms with Gasteiger partial charge in [0.25, 0.3) is 0 Å². The van der Waals surface area contributed by atoms with Crippen molar-refractivity contribution in [1.82, 2.24) is 9.55 Å². The highest BCUT2D eigenvalue weighted by atomic mass is 32.2. The van der Waals surface area contributed by atoms with Crippen molar-refractivity contribution in [3.8, 4) is 0 Å². The Hall–Kier alpha value is -1.26. The van der Waals surface area contributed by atoms with Crippen molar-refractivity contribution in [2.45, 2.75) is 48.9 Å². The number of nitrogens with zero attached hydrogens (tertiary/aromatic N) is 2. The molecule has 0 saturated heterocycles. The lowest BCUT2D eigenvalue weighted by molar-refractivity contribution is 0.571. The van der Waals surface area contributed by atoms with Gasteiger partial charge in [0, 0.05) is 41.5 Å². The Morgan fingerprint density at radius 1 is 1.45 bits per heavy atom. The number of rotatable bonds is 5. The highest BCUT2D eigenvalue weighted by Gasteiger charge is 2.22. The summed E-state index contributed by atoms with van der Waals surface area (Å²) in [7, 11) is 0. The molecule has 0 radical (unpaired) electrons. The van der Waals surface area contributed by atoms with Crippen molar-refractivity contribution in [3.63, 3.8) is 0 Å². The Labute approximate surface area is 124 Å². The van der Waals surface area contributed by atoms with Crippen LogP contribution in [0.3, 0.4) is 0 Å². The Balaban J connectivity index is 1.67. The van der Waals surface area contributed by atoms with Crippen molar-refractivity contribution in [3.05, 3.63) is 48.0 Å². The van der Waals surface area contributed by atoms with Crippen LogP contribution in [0.4, 0.5) is 0 Å². The van der Waals surface area contributed by atoms with E-state index in [0.717, 1.165) is 31.6 Å². The van der Waals surface area contributed by atoms with Crippen molar-refractivity contribution in [1.29, 1.82) is 0 Å². The summed E-state index contributed by atoms with van der Waals surface area (Å²) in [6.45, 7) is 3.15. The average molecular weight is 287 g/mol. The van der Waals surface area contributed by atoms with E-state index in [2.05, 4.69) is 46.9 Å². The number of nitrogens with two attached hydrogens (primary N) is 1. The predicted molar refractivity (Wildman–Crippen MR) is 84.0 cm³/mol. The standard InChI is InChI=1S/C16H21N3S/c1-2-13(17)10-16-18-7-8-19(16)11-14-9-12-5-3-4-6-15(12)20-14/h3-8,13-14H,2,9-11,17H2,1H3. The molecule has 0 spiro atoms. The summed E-state index contributed by atoms with van der Waals surface area (Å²) in [6, 6.07) is 8.93. The molecule has 3 rings (SSSR count). The molecule has 1 aromatic heterocycles. The van der Waals surface area contributed by atoms with Crippen LogP contribution in [0.2, 0.25) is 0 Å². The average Bonchev–Trinajstić information content (AvgIpc) is 3.05. The zero-order valence-corrected chi connectivity index (χ0v) is 12.6. The van der Waals surface area contributed by atoms with Gasteiger partial charge >= 0.3 is 0 Å². The van der Waals surface area contributed by atoms with E-state index < -0.39 is 0 Å². The van der Waals surface area contributed by atoms with Crippen LogP contribution in [0.15, 0.2) is 41.6 Å². The van der Waals surface area contributed by atoms with E-state index in [-0.39, 0.29) is 6.04 Å². The van der Waals surface area contributed by atoms with E-state index in [9.17, 15) is 0 Å². The van der Waals surface area contributed by atoms with Gasteiger partial charge in [0.1, 0.15) is 5.82 Å². The second-order valence-corrected chi connectivity index (χ2v) is 6.76. The second-order valence-electron chi connectivity index (χ2n) is 5.42. The van der Waals surface area contributed by atoms with Gasteiger partial charge in [-0.2, -0.15) is 0 Å². The Morgan fingerprint density at radius 3 is 3.10 bits per heavy atom. The Kier molecular flexibility index (Phi) is 4.13. The van der Waals surface area contributed by atoms with Crippen LogP contribution in [0.5, 0.6) is 0 Å². The summed E-state index contributed by atoms with van der Waals surface area (Å²) in [5, 5.41) is 0.609. The number of hydrogen-bond donors (Lipinski definition) is 1. The molecule has 2 atom stereocenters. The predicted octanol–water partition coefficient (Wildman–Crippen LogP) is 2.88. The van der Waals surface area contributed by atoms with E-state index in [0.29, 0.717) is 5.25 Å². The minimum atomic E-state index is 0.213. The zero-order valence-electron chi connectivity index (χ0n) is 11.8. The van der Waals surface area contributed by atoms with Crippen LogP contribution in [-0.4, -0.2) is 20.8 Å². The lowest BCUT2D eigenvalue weighted by Gasteiger charge is -2.14. The Bertz CT molecular complexity index is 554. The first-order valence-corrected chi connectivity index (χ1v) is 8.14. The molecule has 1 aliphatic heterocycles. The zero-order chi connectivity index (χ0) is 13.9. The topological polar surface area (TPSA) is 43.8 Å². The number of benzene rings is 1. The van der Waals surface area contributed by atoms with E-state index in [1.54, 1.807) is 0 Å². The van der Waals surface area contributed by atoms with Crippen LogP contribution in [0.25, 0.3) is 0 Å². The SMILES string of the molecule is CCC(N)Cc1nccn1CC1Cc2ccccc2S1. The summed E-state index contributed by atoms with van der Waals surface area (Å²) in [6.07, 6.45) is 6.99. The molecular weight excluding hydrogens is 266 g/mol. The third-order valence-electron chi connectivity index (χ3n) is 3.89. The van der Waals surface area contributed by atoms with Gasteiger partial charge in [-0.15, -0.1) is 11.8 Å². The lowest BCUT2D eigenvalue weighted by Crippen LogP contribution is -2.24. The lowest BCUT2D eigenvalue weighted by atomic mass is 10.1.